The lowest BCUT2D eigenvalue weighted by Gasteiger charge is -2.13. The Hall–Kier alpha value is -18.9. The Morgan fingerprint density at radius 1 is 0.123 bits per heavy atom. The summed E-state index contributed by atoms with van der Waals surface area (Å²) in [6, 6.07) is 157. The van der Waals surface area contributed by atoms with Gasteiger partial charge in [-0.15, -0.1) is 0 Å². The van der Waals surface area contributed by atoms with Crippen LogP contribution in [0.2, 0.25) is 0 Å². The van der Waals surface area contributed by atoms with E-state index in [1.54, 1.807) is 0 Å². The summed E-state index contributed by atoms with van der Waals surface area (Å²) in [5, 5.41) is 16.1. The van der Waals surface area contributed by atoms with Crippen LogP contribution in [0.5, 0.6) is 0 Å². The fraction of sp³-hybridized carbons (Fsp3) is 0. The summed E-state index contributed by atoms with van der Waals surface area (Å²) >= 11 is 0. The molecular formula is C125H79N13. The third-order valence-corrected chi connectivity index (χ3v) is 25.5. The normalized spacial score (nSPS) is 11.3. The maximum atomic E-state index is 5.13. The molecule has 0 amide bonds. The Bertz CT molecular complexity index is 8880. The molecule has 0 N–H and O–H groups in total. The molecule has 0 saturated heterocycles. The molecule has 644 valence electrons. The zero-order valence-corrected chi connectivity index (χ0v) is 74.4. The van der Waals surface area contributed by atoms with E-state index in [4.69, 9.17) is 44.9 Å². The number of benzene rings is 19. The second-order valence-electron chi connectivity index (χ2n) is 34.1. The molecule has 26 aromatic rings. The summed E-state index contributed by atoms with van der Waals surface area (Å²) in [4.78, 5) is 63.9. The van der Waals surface area contributed by atoms with Crippen molar-refractivity contribution in [2.45, 2.75) is 0 Å². The molecule has 138 heavy (non-hydrogen) atoms. The maximum absolute atomic E-state index is 5.13. The van der Waals surface area contributed by atoms with E-state index in [-0.39, 0.29) is 0 Å². The lowest BCUT2D eigenvalue weighted by Crippen LogP contribution is -2.01. The van der Waals surface area contributed by atoms with Crippen LogP contribution in [0.15, 0.2) is 480 Å². The molecule has 19 aromatic carbocycles. The standard InChI is InChI=1S/C45H29N5.C42H26N4.C38H24N4/c1-2-8-30(9-3-1)31-16-22-36(23-17-31)43-48-44(37-24-18-32(19-25-37)39-14-4-10-34-12-6-28-46-41(34)39)50-45(49-43)38-26-20-33(21-27-38)40-15-5-11-35-13-7-29-47-42(35)40;1-2-10-30-23-33(22-19-27(30)9-1)41-44-40(29-20-17-28(18-21-29)34-24-32-12-4-8-16-39(32)43-26-34)45-42(46-41)38-25-31-11-3-5-13-35(31)36-14-6-7-15-37(36)38;1-3-9-30-23-32(20-14-25(30)7-1)37-40-36(41-38(42-37)33-21-15-26-8-2-4-10-31(26)24-33)29-18-16-27(17-19-29)34-13-5-11-28-12-6-22-39-35(28)34/h1-29H;1-26H;1-24H. The van der Waals surface area contributed by atoms with E-state index in [1.165, 1.54) is 32.5 Å². The highest BCUT2D eigenvalue weighted by Gasteiger charge is 2.22. The smallest absolute Gasteiger partial charge is 0.164 e. The van der Waals surface area contributed by atoms with Crippen LogP contribution in [0, 0.1) is 0 Å². The predicted octanol–water partition coefficient (Wildman–Crippen LogP) is 30.9. The van der Waals surface area contributed by atoms with E-state index < -0.39 is 0 Å². The fourth-order valence-electron chi connectivity index (χ4n) is 18.4. The number of para-hydroxylation sites is 4. The van der Waals surface area contributed by atoms with E-state index in [9.17, 15) is 0 Å². The van der Waals surface area contributed by atoms with Crippen molar-refractivity contribution in [2.24, 2.45) is 0 Å². The van der Waals surface area contributed by atoms with Crippen LogP contribution in [0.1, 0.15) is 0 Å². The predicted molar refractivity (Wildman–Crippen MR) is 564 cm³/mol. The van der Waals surface area contributed by atoms with Gasteiger partial charge < -0.3 is 0 Å². The first-order chi connectivity index (χ1) is 68.3. The van der Waals surface area contributed by atoms with Gasteiger partial charge in [0, 0.05) is 119 Å². The highest BCUT2D eigenvalue weighted by molar-refractivity contribution is 6.13. The lowest BCUT2D eigenvalue weighted by atomic mass is 9.97. The number of nitrogens with zero attached hydrogens (tertiary/aromatic N) is 13. The van der Waals surface area contributed by atoms with Gasteiger partial charge in [-0.25, -0.2) is 44.9 Å². The third kappa shape index (κ3) is 16.6. The minimum Gasteiger partial charge on any atom is -0.256 e. The molecule has 0 unspecified atom stereocenters. The number of fused-ring (bicyclic) bond motifs is 10. The van der Waals surface area contributed by atoms with Gasteiger partial charge >= 0.3 is 0 Å². The highest BCUT2D eigenvalue weighted by Crippen LogP contribution is 2.41. The average molecular weight is 1760 g/mol. The zero-order valence-electron chi connectivity index (χ0n) is 74.4. The summed E-state index contributed by atoms with van der Waals surface area (Å²) < 4.78 is 0. The SMILES string of the molecule is c1ccc(-c2ccc(-c3nc(-c4ccc(-c5cccc6cccnc56)cc4)nc(-c4ccc(-c5cccc6cccnc56)cc4)n3)cc2)cc1.c1ccc2cc(-c3nc(-c4ccc(-c5cccc6cccnc56)cc4)nc(-c4ccc5ccccc5c4)n3)ccc2c1.c1ccc2cc(-c3nc(-c4ccc(-c5cnc6ccccc6c5)cc4)nc(-c4cc5ccccc5c5ccccc45)n3)ccc2c1. The lowest BCUT2D eigenvalue weighted by molar-refractivity contribution is 1.07. The molecule has 0 aliphatic rings. The topological polar surface area (TPSA) is 168 Å². The van der Waals surface area contributed by atoms with Gasteiger partial charge in [0.15, 0.2) is 52.4 Å². The molecule has 0 aliphatic carbocycles. The summed E-state index contributed by atoms with van der Waals surface area (Å²) in [6.07, 6.45) is 7.45. The number of aromatic nitrogens is 13. The molecule has 7 aromatic heterocycles. The Labute approximate surface area is 794 Å². The number of pyridine rings is 4. The van der Waals surface area contributed by atoms with Crippen molar-refractivity contribution in [3.63, 3.8) is 0 Å². The first-order valence-corrected chi connectivity index (χ1v) is 45.9. The van der Waals surface area contributed by atoms with Crippen molar-refractivity contribution >= 4 is 97.5 Å². The molecule has 0 saturated carbocycles. The van der Waals surface area contributed by atoms with Crippen LogP contribution in [-0.4, -0.2) is 64.8 Å². The van der Waals surface area contributed by atoms with Crippen molar-refractivity contribution in [1.29, 1.82) is 0 Å². The van der Waals surface area contributed by atoms with Crippen LogP contribution in [0.3, 0.4) is 0 Å². The van der Waals surface area contributed by atoms with E-state index in [0.717, 1.165) is 171 Å². The quantitative estimate of drug-likeness (QED) is 0.0944. The molecule has 0 aliphatic heterocycles. The van der Waals surface area contributed by atoms with Crippen LogP contribution in [-0.2, 0) is 0 Å². The van der Waals surface area contributed by atoms with Gasteiger partial charge in [-0.05, 0) is 142 Å². The van der Waals surface area contributed by atoms with Crippen molar-refractivity contribution in [1.82, 2.24) is 64.8 Å². The molecule has 0 atom stereocenters. The largest absolute Gasteiger partial charge is 0.256 e. The summed E-state index contributed by atoms with van der Waals surface area (Å²) in [7, 11) is 0. The van der Waals surface area contributed by atoms with Crippen molar-refractivity contribution in [3.05, 3.63) is 480 Å². The van der Waals surface area contributed by atoms with Gasteiger partial charge in [0.05, 0.1) is 22.1 Å². The molecule has 26 rings (SSSR count). The van der Waals surface area contributed by atoms with Gasteiger partial charge in [-0.2, -0.15) is 0 Å². The Kier molecular flexibility index (Phi) is 21.7. The number of hydrogen-bond acceptors (Lipinski definition) is 13. The number of hydrogen-bond donors (Lipinski definition) is 0. The Balaban J connectivity index is 0.000000113. The zero-order chi connectivity index (χ0) is 91.6. The van der Waals surface area contributed by atoms with Crippen LogP contribution >= 0.6 is 0 Å². The highest BCUT2D eigenvalue weighted by atomic mass is 15.1. The van der Waals surface area contributed by atoms with Gasteiger partial charge in [-0.1, -0.05) is 400 Å². The van der Waals surface area contributed by atoms with Gasteiger partial charge in [0.2, 0.25) is 0 Å². The molecule has 13 heteroatoms. The summed E-state index contributed by atoms with van der Waals surface area (Å²) in [6.45, 7) is 0. The Morgan fingerprint density at radius 2 is 0.391 bits per heavy atom. The van der Waals surface area contributed by atoms with Crippen LogP contribution in [0.25, 0.3) is 256 Å². The monoisotopic (exact) mass is 1760 g/mol. The van der Waals surface area contributed by atoms with Crippen molar-refractivity contribution in [3.8, 4) is 158 Å². The minimum absolute atomic E-state index is 0.613. The van der Waals surface area contributed by atoms with E-state index in [1.807, 2.05) is 67.3 Å². The van der Waals surface area contributed by atoms with E-state index in [2.05, 4.69) is 432 Å². The van der Waals surface area contributed by atoms with Crippen LogP contribution < -0.4 is 0 Å². The molecule has 13 nitrogen and oxygen atoms in total. The van der Waals surface area contributed by atoms with Gasteiger partial charge in [0.1, 0.15) is 0 Å². The van der Waals surface area contributed by atoms with Gasteiger partial charge in [0.25, 0.3) is 0 Å². The van der Waals surface area contributed by atoms with E-state index >= 15 is 0 Å². The maximum Gasteiger partial charge on any atom is 0.164 e. The molecular weight excluding hydrogens is 1680 g/mol. The first-order valence-electron chi connectivity index (χ1n) is 45.9. The molecule has 0 spiro atoms. The molecule has 0 bridgehead atoms. The molecule has 0 radical (unpaired) electrons. The van der Waals surface area contributed by atoms with Crippen molar-refractivity contribution < 1.29 is 0 Å². The first kappa shape index (κ1) is 82.3. The second-order valence-corrected chi connectivity index (χ2v) is 34.1. The molecule has 7 heterocycles. The number of rotatable bonds is 14. The fourth-order valence-corrected chi connectivity index (χ4v) is 18.4. The van der Waals surface area contributed by atoms with Crippen LogP contribution in [0.4, 0.5) is 0 Å². The van der Waals surface area contributed by atoms with Crippen molar-refractivity contribution in [2.75, 3.05) is 0 Å². The molecule has 0 fully saturated rings. The average Bonchev–Trinajstić information content (AvgIpc) is 0.733. The van der Waals surface area contributed by atoms with E-state index in [0.29, 0.717) is 52.4 Å². The summed E-state index contributed by atoms with van der Waals surface area (Å²) in [5.41, 5.74) is 23.4. The Morgan fingerprint density at radius 3 is 0.790 bits per heavy atom. The third-order valence-electron chi connectivity index (χ3n) is 25.5. The second kappa shape index (κ2) is 36.4. The minimum atomic E-state index is 0.613. The summed E-state index contributed by atoms with van der Waals surface area (Å²) in [5.74, 6) is 5.71. The van der Waals surface area contributed by atoms with Gasteiger partial charge in [-0.3, -0.25) is 19.9 Å².